The number of nitro groups is 1. The van der Waals surface area contributed by atoms with E-state index in [2.05, 4.69) is 0 Å². The van der Waals surface area contributed by atoms with Crippen molar-refractivity contribution in [2.45, 2.75) is 23.3 Å². The van der Waals surface area contributed by atoms with Crippen molar-refractivity contribution in [3.8, 4) is 5.75 Å². The molecule has 0 saturated carbocycles. The highest BCUT2D eigenvalue weighted by molar-refractivity contribution is 7.91. The minimum Gasteiger partial charge on any atom is -0.482 e. The first kappa shape index (κ1) is 18.6. The van der Waals surface area contributed by atoms with Gasteiger partial charge in [-0.1, -0.05) is 42.0 Å². The minimum atomic E-state index is -3.59. The van der Waals surface area contributed by atoms with Crippen molar-refractivity contribution in [2.75, 3.05) is 0 Å². The minimum absolute atomic E-state index is 0.0930. The van der Waals surface area contributed by atoms with Crippen LogP contribution in [0.25, 0.3) is 0 Å². The van der Waals surface area contributed by atoms with E-state index >= 15 is 0 Å². The monoisotopic (exact) mass is 383 g/mol. The number of hydrogen-bond donors (Lipinski definition) is 0. The summed E-state index contributed by atoms with van der Waals surface area (Å²) < 4.78 is 30.8. The third kappa shape index (κ3) is 4.15. The highest BCUT2D eigenvalue weighted by Gasteiger charge is 2.17. The Kier molecular flexibility index (Phi) is 5.23. The average Bonchev–Trinajstić information content (AvgIpc) is 2.67. The predicted molar refractivity (Wildman–Crippen MR) is 101 cm³/mol. The number of nitrogens with zero attached hydrogens (tertiary/aromatic N) is 1. The standard InChI is InChI=1S/C20H17NO5S/c1-15-6-10-17(11-7-15)27(24,25)18-12-8-16(9-13-18)14-26-20-5-3-2-4-19(20)21(22)23/h2-13H,14H2,1H3. The van der Waals surface area contributed by atoms with Gasteiger partial charge in [0.25, 0.3) is 0 Å². The van der Waals surface area contributed by atoms with Gasteiger partial charge in [-0.25, -0.2) is 8.42 Å². The highest BCUT2D eigenvalue weighted by Crippen LogP contribution is 2.27. The normalized spacial score (nSPS) is 11.1. The van der Waals surface area contributed by atoms with Gasteiger partial charge in [-0.2, -0.15) is 0 Å². The summed E-state index contributed by atoms with van der Waals surface area (Å²) in [6, 6.07) is 19.1. The van der Waals surface area contributed by atoms with E-state index in [1.807, 2.05) is 6.92 Å². The summed E-state index contributed by atoms with van der Waals surface area (Å²) in [5.41, 5.74) is 1.57. The summed E-state index contributed by atoms with van der Waals surface area (Å²) in [5.74, 6) is 0.166. The zero-order valence-electron chi connectivity index (χ0n) is 14.5. The lowest BCUT2D eigenvalue weighted by molar-refractivity contribution is -0.385. The van der Waals surface area contributed by atoms with Crippen molar-refractivity contribution in [3.63, 3.8) is 0 Å². The highest BCUT2D eigenvalue weighted by atomic mass is 32.2. The molecule has 0 aliphatic rings. The molecule has 0 unspecified atom stereocenters. The van der Waals surface area contributed by atoms with Gasteiger partial charge in [-0.05, 0) is 42.8 Å². The first-order valence-electron chi connectivity index (χ1n) is 8.15. The number of hydrogen-bond acceptors (Lipinski definition) is 5. The fraction of sp³-hybridized carbons (Fsp3) is 0.100. The van der Waals surface area contributed by atoms with E-state index in [0.29, 0.717) is 5.56 Å². The van der Waals surface area contributed by atoms with Crippen molar-refractivity contribution in [3.05, 3.63) is 94.0 Å². The fourth-order valence-corrected chi connectivity index (χ4v) is 3.77. The van der Waals surface area contributed by atoms with Crippen LogP contribution in [-0.2, 0) is 16.4 Å². The summed E-state index contributed by atoms with van der Waals surface area (Å²) in [4.78, 5) is 10.9. The Bertz CT molecular complexity index is 1060. The molecule has 0 saturated heterocycles. The summed E-state index contributed by atoms with van der Waals surface area (Å²) in [7, 11) is -3.59. The van der Waals surface area contributed by atoms with E-state index in [1.54, 1.807) is 48.5 Å². The molecule has 3 aromatic rings. The van der Waals surface area contributed by atoms with Crippen LogP contribution in [-0.4, -0.2) is 13.3 Å². The Morgan fingerprint density at radius 2 is 1.44 bits per heavy atom. The molecule has 0 fully saturated rings. The second-order valence-electron chi connectivity index (χ2n) is 5.97. The molecule has 0 radical (unpaired) electrons. The van der Waals surface area contributed by atoms with Crippen LogP contribution in [0.15, 0.2) is 82.6 Å². The summed E-state index contributed by atoms with van der Waals surface area (Å²) in [5, 5.41) is 11.0. The molecule has 0 aromatic heterocycles. The maximum Gasteiger partial charge on any atom is 0.310 e. The first-order chi connectivity index (χ1) is 12.9. The molecule has 0 atom stereocenters. The number of para-hydroxylation sites is 2. The van der Waals surface area contributed by atoms with Crippen LogP contribution in [0.1, 0.15) is 11.1 Å². The number of benzene rings is 3. The maximum absolute atomic E-state index is 12.6. The van der Waals surface area contributed by atoms with Gasteiger partial charge in [0.1, 0.15) is 6.61 Å². The summed E-state index contributed by atoms with van der Waals surface area (Å²) >= 11 is 0. The lowest BCUT2D eigenvalue weighted by Crippen LogP contribution is -2.03. The van der Waals surface area contributed by atoms with E-state index < -0.39 is 14.8 Å². The largest absolute Gasteiger partial charge is 0.482 e. The quantitative estimate of drug-likeness (QED) is 0.467. The predicted octanol–water partition coefficient (Wildman–Crippen LogP) is 4.32. The Morgan fingerprint density at radius 1 is 0.889 bits per heavy atom. The fourth-order valence-electron chi connectivity index (χ4n) is 2.51. The van der Waals surface area contributed by atoms with Crippen molar-refractivity contribution < 1.29 is 18.1 Å². The van der Waals surface area contributed by atoms with E-state index in [4.69, 9.17) is 4.74 Å². The first-order valence-corrected chi connectivity index (χ1v) is 9.63. The van der Waals surface area contributed by atoms with Crippen molar-refractivity contribution in [2.24, 2.45) is 0 Å². The molecule has 0 spiro atoms. The van der Waals surface area contributed by atoms with Crippen molar-refractivity contribution >= 4 is 15.5 Å². The zero-order chi connectivity index (χ0) is 19.4. The van der Waals surface area contributed by atoms with Gasteiger partial charge in [-0.15, -0.1) is 0 Å². The lowest BCUT2D eigenvalue weighted by Gasteiger charge is -2.08. The molecular formula is C20H17NO5S. The molecule has 0 bridgehead atoms. The van der Waals surface area contributed by atoms with Gasteiger partial charge >= 0.3 is 5.69 Å². The molecule has 3 aromatic carbocycles. The maximum atomic E-state index is 12.6. The molecule has 0 aliphatic heterocycles. The Morgan fingerprint density at radius 3 is 2.04 bits per heavy atom. The van der Waals surface area contributed by atoms with Crippen LogP contribution < -0.4 is 4.74 Å². The molecule has 27 heavy (non-hydrogen) atoms. The Labute approximate surface area is 157 Å². The number of ether oxygens (including phenoxy) is 1. The molecule has 0 aliphatic carbocycles. The number of nitro benzene ring substituents is 1. The van der Waals surface area contributed by atoms with Crippen LogP contribution >= 0.6 is 0 Å². The topological polar surface area (TPSA) is 86.5 Å². The van der Waals surface area contributed by atoms with Crippen molar-refractivity contribution in [1.29, 1.82) is 0 Å². The Hall–Kier alpha value is -3.19. The van der Waals surface area contributed by atoms with Crippen LogP contribution in [0.4, 0.5) is 5.69 Å². The van der Waals surface area contributed by atoms with E-state index in [0.717, 1.165) is 5.56 Å². The van der Waals surface area contributed by atoms with Gasteiger partial charge in [0, 0.05) is 6.07 Å². The SMILES string of the molecule is Cc1ccc(S(=O)(=O)c2ccc(COc3ccccc3[N+](=O)[O-])cc2)cc1. The summed E-state index contributed by atoms with van der Waals surface area (Å²) in [6.45, 7) is 1.98. The van der Waals surface area contributed by atoms with Crippen LogP contribution in [0.5, 0.6) is 5.75 Å². The molecule has 0 N–H and O–H groups in total. The number of sulfone groups is 1. The number of aryl methyl sites for hydroxylation is 1. The second kappa shape index (κ2) is 7.59. The van der Waals surface area contributed by atoms with Gasteiger partial charge < -0.3 is 4.74 Å². The molecule has 0 amide bonds. The van der Waals surface area contributed by atoms with Gasteiger partial charge in [0.2, 0.25) is 9.84 Å². The average molecular weight is 383 g/mol. The Balaban J connectivity index is 1.76. The smallest absolute Gasteiger partial charge is 0.310 e. The molecule has 138 valence electrons. The third-order valence-electron chi connectivity index (χ3n) is 4.02. The molecular weight excluding hydrogens is 366 g/mol. The van der Waals surface area contributed by atoms with E-state index in [-0.39, 0.29) is 27.8 Å². The van der Waals surface area contributed by atoms with Crippen LogP contribution in [0, 0.1) is 17.0 Å². The van der Waals surface area contributed by atoms with Gasteiger partial charge in [0.15, 0.2) is 5.75 Å². The summed E-state index contributed by atoms with van der Waals surface area (Å²) in [6.07, 6.45) is 0. The van der Waals surface area contributed by atoms with E-state index in [1.165, 1.54) is 24.3 Å². The molecule has 7 heteroatoms. The second-order valence-corrected chi connectivity index (χ2v) is 7.92. The molecule has 0 heterocycles. The van der Waals surface area contributed by atoms with Crippen molar-refractivity contribution in [1.82, 2.24) is 0 Å². The third-order valence-corrected chi connectivity index (χ3v) is 5.81. The van der Waals surface area contributed by atoms with Crippen LogP contribution in [0.2, 0.25) is 0 Å². The van der Waals surface area contributed by atoms with Gasteiger partial charge in [-0.3, -0.25) is 10.1 Å². The molecule has 3 rings (SSSR count). The zero-order valence-corrected chi connectivity index (χ0v) is 15.3. The van der Waals surface area contributed by atoms with Gasteiger partial charge in [0.05, 0.1) is 14.7 Å². The van der Waals surface area contributed by atoms with E-state index in [9.17, 15) is 18.5 Å². The van der Waals surface area contributed by atoms with Crippen LogP contribution in [0.3, 0.4) is 0 Å². The molecule has 6 nitrogen and oxygen atoms in total. The number of rotatable bonds is 6. The lowest BCUT2D eigenvalue weighted by atomic mass is 10.2.